The van der Waals surface area contributed by atoms with Gasteiger partial charge in [0.15, 0.2) is 12.4 Å². The Morgan fingerprint density at radius 3 is 2.54 bits per heavy atom. The number of anilines is 1. The van der Waals surface area contributed by atoms with Crippen molar-refractivity contribution in [3.05, 3.63) is 46.8 Å². The van der Waals surface area contributed by atoms with Crippen molar-refractivity contribution in [3.63, 3.8) is 0 Å². The average molecular weight is 370 g/mol. The summed E-state index contributed by atoms with van der Waals surface area (Å²) in [5.74, 6) is -1.54. The zero-order valence-electron chi connectivity index (χ0n) is 14.3. The highest BCUT2D eigenvalue weighted by Crippen LogP contribution is 2.34. The van der Waals surface area contributed by atoms with Gasteiger partial charge in [0.1, 0.15) is 5.56 Å². The molecule has 0 bridgehead atoms. The van der Waals surface area contributed by atoms with Crippen LogP contribution in [0.4, 0.5) is 18.9 Å². The molecular weight excluding hydrogens is 353 g/mol. The molecule has 1 heterocycles. The monoisotopic (exact) mass is 370 g/mol. The molecule has 0 aliphatic rings. The molecule has 0 saturated heterocycles. The Morgan fingerprint density at radius 2 is 1.92 bits per heavy atom. The van der Waals surface area contributed by atoms with Gasteiger partial charge in [0.2, 0.25) is 0 Å². The van der Waals surface area contributed by atoms with Crippen LogP contribution >= 0.6 is 0 Å². The summed E-state index contributed by atoms with van der Waals surface area (Å²) in [6.07, 6.45) is -4.62. The fraction of sp³-hybridized carbons (Fsp3) is 0.353. The molecule has 1 aromatic heterocycles. The number of nitrogens with one attached hydrogen (secondary N) is 1. The third-order valence-electron chi connectivity index (χ3n) is 3.46. The molecule has 9 heteroatoms. The van der Waals surface area contributed by atoms with Gasteiger partial charge in [-0.2, -0.15) is 13.2 Å². The van der Waals surface area contributed by atoms with Crippen LogP contribution in [0.1, 0.15) is 47.1 Å². The predicted molar refractivity (Wildman–Crippen MR) is 85.7 cm³/mol. The van der Waals surface area contributed by atoms with Crippen LogP contribution in [0, 0.1) is 6.92 Å². The smallest absolute Gasteiger partial charge is 0.418 e. The van der Waals surface area contributed by atoms with Crippen molar-refractivity contribution in [2.75, 3.05) is 11.9 Å². The van der Waals surface area contributed by atoms with Crippen molar-refractivity contribution in [1.82, 2.24) is 5.16 Å². The molecule has 6 nitrogen and oxygen atoms in total. The van der Waals surface area contributed by atoms with Crippen molar-refractivity contribution >= 4 is 17.6 Å². The average Bonchev–Trinajstić information content (AvgIpc) is 2.94. The number of rotatable bonds is 5. The second kappa shape index (κ2) is 7.59. The number of amides is 1. The first-order chi connectivity index (χ1) is 12.1. The van der Waals surface area contributed by atoms with Crippen LogP contribution in [0.15, 0.2) is 28.8 Å². The minimum Gasteiger partial charge on any atom is -0.452 e. The van der Waals surface area contributed by atoms with E-state index < -0.39 is 35.9 Å². The number of carbonyl (C=O) groups is 2. The third-order valence-corrected chi connectivity index (χ3v) is 3.46. The van der Waals surface area contributed by atoms with Crippen molar-refractivity contribution in [1.29, 1.82) is 0 Å². The molecule has 0 spiro atoms. The van der Waals surface area contributed by atoms with Gasteiger partial charge in [-0.25, -0.2) is 4.79 Å². The van der Waals surface area contributed by atoms with Gasteiger partial charge < -0.3 is 14.6 Å². The van der Waals surface area contributed by atoms with Gasteiger partial charge in [-0.05, 0) is 19.1 Å². The number of aryl methyl sites for hydroxylation is 1. The maximum atomic E-state index is 12.9. The van der Waals surface area contributed by atoms with E-state index in [2.05, 4.69) is 10.5 Å². The quantitative estimate of drug-likeness (QED) is 0.807. The minimum absolute atomic E-state index is 0.114. The van der Waals surface area contributed by atoms with Crippen molar-refractivity contribution in [2.24, 2.45) is 0 Å². The van der Waals surface area contributed by atoms with Gasteiger partial charge >= 0.3 is 12.1 Å². The number of hydrogen-bond donors (Lipinski definition) is 1. The van der Waals surface area contributed by atoms with E-state index in [4.69, 9.17) is 9.26 Å². The Bertz CT molecular complexity index is 813. The second-order valence-corrected chi connectivity index (χ2v) is 5.83. The van der Waals surface area contributed by atoms with E-state index in [-0.39, 0.29) is 11.5 Å². The molecule has 140 valence electrons. The number of nitrogens with zero attached hydrogens (tertiary/aromatic N) is 1. The number of ether oxygens (including phenoxy) is 1. The van der Waals surface area contributed by atoms with E-state index in [1.165, 1.54) is 12.1 Å². The zero-order chi connectivity index (χ0) is 19.5. The summed E-state index contributed by atoms with van der Waals surface area (Å²) >= 11 is 0. The number of benzene rings is 1. The van der Waals surface area contributed by atoms with E-state index in [0.29, 0.717) is 11.5 Å². The fourth-order valence-electron chi connectivity index (χ4n) is 2.26. The molecule has 2 rings (SSSR count). The molecule has 0 aliphatic heterocycles. The van der Waals surface area contributed by atoms with Crippen LogP contribution < -0.4 is 5.32 Å². The molecule has 1 aromatic carbocycles. The highest BCUT2D eigenvalue weighted by atomic mass is 19.4. The standard InChI is InChI=1S/C17H17F3N2O4/c1-9(2)15-14(10(3)22-26-15)16(24)25-8-13(23)21-12-7-5-4-6-11(12)17(18,19)20/h4-7,9H,8H2,1-3H3,(H,21,23). The van der Waals surface area contributed by atoms with Gasteiger partial charge in [-0.3, -0.25) is 4.79 Å². The molecule has 0 fully saturated rings. The zero-order valence-corrected chi connectivity index (χ0v) is 14.3. The van der Waals surface area contributed by atoms with Crippen molar-refractivity contribution < 1.29 is 32.0 Å². The Balaban J connectivity index is 2.05. The van der Waals surface area contributed by atoms with E-state index in [9.17, 15) is 22.8 Å². The van der Waals surface area contributed by atoms with E-state index >= 15 is 0 Å². The maximum absolute atomic E-state index is 12.9. The SMILES string of the molecule is Cc1noc(C(C)C)c1C(=O)OCC(=O)Nc1ccccc1C(F)(F)F. The number of alkyl halides is 3. The first-order valence-electron chi connectivity index (χ1n) is 7.70. The molecule has 0 unspecified atom stereocenters. The van der Waals surface area contributed by atoms with Crippen LogP contribution in [0.25, 0.3) is 0 Å². The van der Waals surface area contributed by atoms with Crippen LogP contribution in [-0.2, 0) is 15.7 Å². The van der Waals surface area contributed by atoms with Gasteiger partial charge in [-0.1, -0.05) is 31.1 Å². The Hall–Kier alpha value is -2.84. The summed E-state index contributed by atoms with van der Waals surface area (Å²) in [6, 6.07) is 4.52. The summed E-state index contributed by atoms with van der Waals surface area (Å²) < 4.78 is 48.7. The molecule has 26 heavy (non-hydrogen) atoms. The van der Waals surface area contributed by atoms with E-state index in [0.717, 1.165) is 12.1 Å². The van der Waals surface area contributed by atoms with Gasteiger partial charge in [0.05, 0.1) is 16.9 Å². The highest BCUT2D eigenvalue weighted by Gasteiger charge is 2.33. The second-order valence-electron chi connectivity index (χ2n) is 5.83. The number of carbonyl (C=O) groups excluding carboxylic acids is 2. The fourth-order valence-corrected chi connectivity index (χ4v) is 2.26. The topological polar surface area (TPSA) is 81.4 Å². The Kier molecular flexibility index (Phi) is 5.69. The maximum Gasteiger partial charge on any atom is 0.418 e. The van der Waals surface area contributed by atoms with Crippen LogP contribution in [0.2, 0.25) is 0 Å². The summed E-state index contributed by atoms with van der Waals surface area (Å²) in [5, 5.41) is 5.79. The molecule has 1 amide bonds. The third kappa shape index (κ3) is 4.41. The summed E-state index contributed by atoms with van der Waals surface area (Å²) in [5.41, 5.74) is -0.980. The largest absolute Gasteiger partial charge is 0.452 e. The summed E-state index contributed by atoms with van der Waals surface area (Å²) in [6.45, 7) is 4.38. The lowest BCUT2D eigenvalue weighted by molar-refractivity contribution is -0.137. The summed E-state index contributed by atoms with van der Waals surface area (Å²) in [7, 11) is 0. The highest BCUT2D eigenvalue weighted by molar-refractivity contribution is 5.96. The predicted octanol–water partition coefficient (Wildman–Crippen LogP) is 3.92. The Morgan fingerprint density at radius 1 is 1.27 bits per heavy atom. The van der Waals surface area contributed by atoms with E-state index in [1.54, 1.807) is 20.8 Å². The number of halogens is 3. The van der Waals surface area contributed by atoms with Crippen LogP contribution in [0.5, 0.6) is 0 Å². The lowest BCUT2D eigenvalue weighted by Gasteiger charge is -2.13. The molecule has 0 saturated carbocycles. The van der Waals surface area contributed by atoms with Crippen molar-refractivity contribution in [3.8, 4) is 0 Å². The van der Waals surface area contributed by atoms with Gasteiger partial charge in [0.25, 0.3) is 5.91 Å². The normalized spacial score (nSPS) is 11.5. The van der Waals surface area contributed by atoms with E-state index in [1.807, 2.05) is 0 Å². The van der Waals surface area contributed by atoms with Crippen LogP contribution in [0.3, 0.4) is 0 Å². The lowest BCUT2D eigenvalue weighted by atomic mass is 10.1. The molecule has 2 aromatic rings. The number of esters is 1. The number of para-hydroxylation sites is 1. The molecule has 0 atom stereocenters. The molecule has 0 aliphatic carbocycles. The van der Waals surface area contributed by atoms with Crippen LogP contribution in [-0.4, -0.2) is 23.6 Å². The lowest BCUT2D eigenvalue weighted by Crippen LogP contribution is -2.23. The first kappa shape index (κ1) is 19.5. The van der Waals surface area contributed by atoms with Gasteiger partial charge in [0, 0.05) is 5.92 Å². The van der Waals surface area contributed by atoms with Gasteiger partial charge in [-0.15, -0.1) is 0 Å². The first-order valence-corrected chi connectivity index (χ1v) is 7.70. The number of hydrogen-bond acceptors (Lipinski definition) is 5. The number of aromatic nitrogens is 1. The molecule has 0 radical (unpaired) electrons. The molecule has 1 N–H and O–H groups in total. The van der Waals surface area contributed by atoms with Crippen molar-refractivity contribution in [2.45, 2.75) is 32.9 Å². The molecular formula is C17H17F3N2O4. The summed E-state index contributed by atoms with van der Waals surface area (Å²) in [4.78, 5) is 24.0. The minimum atomic E-state index is -4.62. The Labute approximate surface area is 147 Å².